The van der Waals surface area contributed by atoms with Gasteiger partial charge in [0.25, 0.3) is 0 Å². The molecule has 5 aromatic carbocycles. The molecule has 0 radical (unpaired) electrons. The van der Waals surface area contributed by atoms with Gasteiger partial charge in [-0.2, -0.15) is 0 Å². The van der Waals surface area contributed by atoms with E-state index in [9.17, 15) is 9.59 Å². The van der Waals surface area contributed by atoms with Crippen LogP contribution in [0.4, 0.5) is 0 Å². The molecule has 0 amide bonds. The second-order valence-electron chi connectivity index (χ2n) is 12.0. The first kappa shape index (κ1) is 23.7. The maximum atomic E-state index is 14.1. The summed E-state index contributed by atoms with van der Waals surface area (Å²) in [4.78, 5) is 28.2. The number of nitrogens with zero attached hydrogens (tertiary/aromatic N) is 2. The van der Waals surface area contributed by atoms with Gasteiger partial charge < -0.3 is 9.13 Å². The van der Waals surface area contributed by atoms with E-state index in [1.165, 1.54) is 36.8 Å². The van der Waals surface area contributed by atoms with Gasteiger partial charge in [-0.25, -0.2) is 0 Å². The average Bonchev–Trinajstić information content (AvgIpc) is 3.96. The number of aromatic nitrogens is 2. The second-order valence-corrected chi connectivity index (χ2v) is 12.0. The van der Waals surface area contributed by atoms with E-state index in [1.807, 2.05) is 60.7 Å². The predicted molar refractivity (Wildman–Crippen MR) is 172 cm³/mol. The van der Waals surface area contributed by atoms with Crippen LogP contribution in [0.3, 0.4) is 0 Å². The standard InChI is InChI=1S/C38H28N2O2/c41-37-29-5-1-3-7-33(29)39(27-17-13-25(14-18-27)23-9-10-23)35-22-32-36(21-31(35)37)40(34-8-4-2-6-30(34)38(32)42)28-19-15-26(16-20-28)24-11-12-24/h1-8,13-24H,9-12H2. The van der Waals surface area contributed by atoms with Crippen LogP contribution >= 0.6 is 0 Å². The van der Waals surface area contributed by atoms with Crippen molar-refractivity contribution in [2.45, 2.75) is 37.5 Å². The lowest BCUT2D eigenvalue weighted by atomic mass is 10.0. The van der Waals surface area contributed by atoms with Crippen LogP contribution < -0.4 is 10.9 Å². The number of hydrogen-bond acceptors (Lipinski definition) is 2. The van der Waals surface area contributed by atoms with E-state index in [-0.39, 0.29) is 10.9 Å². The van der Waals surface area contributed by atoms with Crippen LogP contribution in [0.25, 0.3) is 55.0 Å². The number of para-hydroxylation sites is 2. The van der Waals surface area contributed by atoms with Gasteiger partial charge in [0.1, 0.15) is 0 Å². The molecule has 2 aliphatic rings. The van der Waals surface area contributed by atoms with Gasteiger partial charge in [-0.05, 0) is 109 Å². The van der Waals surface area contributed by atoms with Crippen LogP contribution in [0.5, 0.6) is 0 Å². The third kappa shape index (κ3) is 3.54. The molecule has 2 saturated carbocycles. The van der Waals surface area contributed by atoms with E-state index >= 15 is 0 Å². The molecule has 0 bridgehead atoms. The van der Waals surface area contributed by atoms with Crippen molar-refractivity contribution < 1.29 is 0 Å². The monoisotopic (exact) mass is 544 g/mol. The molecule has 0 aliphatic heterocycles. The van der Waals surface area contributed by atoms with E-state index in [4.69, 9.17) is 0 Å². The van der Waals surface area contributed by atoms with Gasteiger partial charge >= 0.3 is 0 Å². The van der Waals surface area contributed by atoms with Crippen molar-refractivity contribution in [1.29, 1.82) is 0 Å². The molecular formula is C38H28N2O2. The van der Waals surface area contributed by atoms with Crippen LogP contribution in [0, 0.1) is 0 Å². The molecule has 4 heteroatoms. The molecule has 9 rings (SSSR count). The summed E-state index contributed by atoms with van der Waals surface area (Å²) in [7, 11) is 0. The number of hydrogen-bond donors (Lipinski definition) is 0. The molecule has 2 aromatic heterocycles. The molecule has 42 heavy (non-hydrogen) atoms. The highest BCUT2D eigenvalue weighted by molar-refractivity contribution is 6.05. The second kappa shape index (κ2) is 8.77. The Kier molecular flexibility index (Phi) is 4.95. The Morgan fingerprint density at radius 3 is 1.19 bits per heavy atom. The van der Waals surface area contributed by atoms with Crippen LogP contribution in [-0.2, 0) is 0 Å². The lowest BCUT2D eigenvalue weighted by Gasteiger charge is -2.19. The first-order valence-corrected chi connectivity index (χ1v) is 14.9. The highest BCUT2D eigenvalue weighted by Gasteiger charge is 2.25. The Labute approximate surface area is 242 Å². The largest absolute Gasteiger partial charge is 0.309 e. The third-order valence-corrected chi connectivity index (χ3v) is 9.26. The van der Waals surface area contributed by atoms with Gasteiger partial charge in [0.05, 0.1) is 22.1 Å². The normalized spacial score (nSPS) is 15.2. The summed E-state index contributed by atoms with van der Waals surface area (Å²) < 4.78 is 4.29. The topological polar surface area (TPSA) is 44.0 Å². The van der Waals surface area contributed by atoms with Gasteiger partial charge in [0.2, 0.25) is 0 Å². The Morgan fingerprint density at radius 1 is 0.429 bits per heavy atom. The number of pyridine rings is 2. The van der Waals surface area contributed by atoms with Crippen LogP contribution in [0.15, 0.2) is 119 Å². The number of benzene rings is 5. The summed E-state index contributed by atoms with van der Waals surface area (Å²) in [6.45, 7) is 0. The zero-order valence-corrected chi connectivity index (χ0v) is 23.1. The number of fused-ring (bicyclic) bond motifs is 4. The SMILES string of the molecule is O=c1c2ccccc2n(-c2ccc(C3CC3)cc2)c2cc3c(=O)c4ccccc4n(-c4ccc(C5CC5)cc4)c3cc12. The van der Waals surface area contributed by atoms with Crippen LogP contribution in [-0.4, -0.2) is 9.13 Å². The summed E-state index contributed by atoms with van der Waals surface area (Å²) in [5.41, 5.74) is 7.81. The fourth-order valence-corrected chi connectivity index (χ4v) is 6.76. The molecule has 2 aliphatic carbocycles. The minimum atomic E-state index is -0.0235. The maximum Gasteiger partial charge on any atom is 0.197 e. The maximum absolute atomic E-state index is 14.1. The molecule has 0 spiro atoms. The van der Waals surface area contributed by atoms with Gasteiger partial charge in [-0.3, -0.25) is 9.59 Å². The van der Waals surface area contributed by atoms with E-state index in [0.717, 1.165) is 33.4 Å². The van der Waals surface area contributed by atoms with Crippen molar-refractivity contribution in [2.75, 3.05) is 0 Å². The van der Waals surface area contributed by atoms with Gasteiger partial charge in [0.15, 0.2) is 10.9 Å². The predicted octanol–water partition coefficient (Wildman–Crippen LogP) is 8.36. The highest BCUT2D eigenvalue weighted by Crippen LogP contribution is 2.41. The van der Waals surface area contributed by atoms with Crippen LogP contribution in [0.1, 0.15) is 48.6 Å². The Hall–Kier alpha value is -4.96. The van der Waals surface area contributed by atoms with Crippen molar-refractivity contribution in [1.82, 2.24) is 9.13 Å². The van der Waals surface area contributed by atoms with Crippen molar-refractivity contribution in [3.63, 3.8) is 0 Å². The van der Waals surface area contributed by atoms with Gasteiger partial charge in [0, 0.05) is 32.9 Å². The first-order chi connectivity index (χ1) is 20.7. The fourth-order valence-electron chi connectivity index (χ4n) is 6.76. The lowest BCUT2D eigenvalue weighted by molar-refractivity contribution is 1.10. The van der Waals surface area contributed by atoms with Crippen molar-refractivity contribution >= 4 is 43.6 Å². The summed E-state index contributed by atoms with van der Waals surface area (Å²) in [5, 5.41) is 2.54. The quantitative estimate of drug-likeness (QED) is 0.209. The van der Waals surface area contributed by atoms with Crippen molar-refractivity contribution in [3.8, 4) is 11.4 Å². The zero-order chi connectivity index (χ0) is 27.9. The Balaban J connectivity index is 1.41. The van der Waals surface area contributed by atoms with Gasteiger partial charge in [-0.1, -0.05) is 48.5 Å². The minimum Gasteiger partial charge on any atom is -0.309 e. The minimum absolute atomic E-state index is 0.0235. The molecule has 202 valence electrons. The van der Waals surface area contributed by atoms with Crippen LogP contribution in [0.2, 0.25) is 0 Å². The van der Waals surface area contributed by atoms with E-state index in [0.29, 0.717) is 33.4 Å². The third-order valence-electron chi connectivity index (χ3n) is 9.26. The average molecular weight is 545 g/mol. The summed E-state index contributed by atoms with van der Waals surface area (Å²) in [6.07, 6.45) is 5.00. The molecule has 0 unspecified atom stereocenters. The molecule has 7 aromatic rings. The molecule has 0 saturated heterocycles. The van der Waals surface area contributed by atoms with E-state index < -0.39 is 0 Å². The van der Waals surface area contributed by atoms with Gasteiger partial charge in [-0.15, -0.1) is 0 Å². The summed E-state index contributed by atoms with van der Waals surface area (Å²) in [5.74, 6) is 1.33. The van der Waals surface area contributed by atoms with Crippen molar-refractivity contribution in [2.24, 2.45) is 0 Å². The molecule has 4 nitrogen and oxygen atoms in total. The molecular weight excluding hydrogens is 516 g/mol. The first-order valence-electron chi connectivity index (χ1n) is 14.9. The Morgan fingerprint density at radius 2 is 0.810 bits per heavy atom. The molecule has 2 heterocycles. The van der Waals surface area contributed by atoms with Crippen molar-refractivity contribution in [3.05, 3.63) is 141 Å². The highest BCUT2D eigenvalue weighted by atomic mass is 16.1. The zero-order valence-electron chi connectivity index (χ0n) is 23.1. The summed E-state index contributed by atoms with van der Waals surface area (Å²) >= 11 is 0. The Bertz CT molecular complexity index is 2170. The summed E-state index contributed by atoms with van der Waals surface area (Å²) in [6, 6.07) is 36.9. The molecule has 0 N–H and O–H groups in total. The van der Waals surface area contributed by atoms with E-state index in [2.05, 4.69) is 57.7 Å². The number of rotatable bonds is 4. The molecule has 0 atom stereocenters. The molecule has 2 fully saturated rings. The smallest absolute Gasteiger partial charge is 0.197 e. The fraction of sp³-hybridized carbons (Fsp3) is 0.158. The van der Waals surface area contributed by atoms with E-state index in [1.54, 1.807) is 0 Å². The lowest BCUT2D eigenvalue weighted by Crippen LogP contribution is -2.14.